The molecule has 112 valence electrons. The molecule has 0 spiro atoms. The number of fused-ring (bicyclic) bond motifs is 1. The average molecular weight is 311 g/mol. The fraction of sp³-hybridized carbons (Fsp3) is 0.167. The summed E-state index contributed by atoms with van der Waals surface area (Å²) in [5.41, 5.74) is 3.43. The Morgan fingerprint density at radius 2 is 1.64 bits per heavy atom. The van der Waals surface area contributed by atoms with Crippen molar-refractivity contribution in [3.05, 3.63) is 71.4 Å². The predicted molar refractivity (Wildman–Crippen MR) is 88.5 cm³/mol. The second kappa shape index (κ2) is 5.54. The van der Waals surface area contributed by atoms with Crippen molar-refractivity contribution in [2.75, 3.05) is 0 Å². The van der Waals surface area contributed by atoms with Crippen LogP contribution in [0.1, 0.15) is 16.8 Å². The SMILES string of the molecule is Cc1ccc(S(=O)(=O)Cc2cccc3ccc(C)nc23)cc1. The van der Waals surface area contributed by atoms with Crippen molar-refractivity contribution >= 4 is 20.7 Å². The first-order valence-corrected chi connectivity index (χ1v) is 8.76. The largest absolute Gasteiger partial charge is 0.253 e. The van der Waals surface area contributed by atoms with Gasteiger partial charge in [0, 0.05) is 11.1 Å². The zero-order chi connectivity index (χ0) is 15.7. The first-order valence-electron chi connectivity index (χ1n) is 7.10. The van der Waals surface area contributed by atoms with Gasteiger partial charge in [-0.05, 0) is 37.6 Å². The van der Waals surface area contributed by atoms with Crippen molar-refractivity contribution in [2.45, 2.75) is 24.5 Å². The Morgan fingerprint density at radius 3 is 2.36 bits per heavy atom. The smallest absolute Gasteiger partial charge is 0.182 e. The van der Waals surface area contributed by atoms with Crippen LogP contribution in [-0.2, 0) is 15.6 Å². The van der Waals surface area contributed by atoms with E-state index in [1.807, 2.05) is 56.3 Å². The molecule has 2 aromatic carbocycles. The molecule has 1 heterocycles. The molecule has 0 saturated carbocycles. The van der Waals surface area contributed by atoms with Crippen molar-refractivity contribution in [3.8, 4) is 0 Å². The minimum Gasteiger partial charge on any atom is -0.253 e. The molecule has 3 nitrogen and oxygen atoms in total. The van der Waals surface area contributed by atoms with Gasteiger partial charge in [0.05, 0.1) is 16.2 Å². The predicted octanol–water partition coefficient (Wildman–Crippen LogP) is 3.83. The van der Waals surface area contributed by atoms with Crippen molar-refractivity contribution in [1.29, 1.82) is 0 Å². The van der Waals surface area contributed by atoms with E-state index >= 15 is 0 Å². The van der Waals surface area contributed by atoms with Gasteiger partial charge in [-0.2, -0.15) is 0 Å². The van der Waals surface area contributed by atoms with Crippen molar-refractivity contribution in [1.82, 2.24) is 4.98 Å². The molecular formula is C18H17NO2S. The molecule has 0 saturated heterocycles. The minimum atomic E-state index is -3.37. The molecule has 3 aromatic rings. The molecule has 0 N–H and O–H groups in total. The molecule has 0 atom stereocenters. The van der Waals surface area contributed by atoms with Crippen LogP contribution in [0, 0.1) is 13.8 Å². The summed E-state index contributed by atoms with van der Waals surface area (Å²) in [6, 6.07) is 16.5. The van der Waals surface area contributed by atoms with Gasteiger partial charge in [0.25, 0.3) is 0 Å². The summed E-state index contributed by atoms with van der Waals surface area (Å²) in [7, 11) is -3.37. The van der Waals surface area contributed by atoms with Gasteiger partial charge in [-0.1, -0.05) is 42.0 Å². The molecule has 0 fully saturated rings. The first kappa shape index (κ1) is 14.7. The molecule has 4 heteroatoms. The van der Waals surface area contributed by atoms with Gasteiger partial charge in [0.1, 0.15) is 0 Å². The van der Waals surface area contributed by atoms with E-state index < -0.39 is 9.84 Å². The van der Waals surface area contributed by atoms with Gasteiger partial charge in [0.15, 0.2) is 9.84 Å². The number of rotatable bonds is 3. The van der Waals surface area contributed by atoms with Gasteiger partial charge >= 0.3 is 0 Å². The van der Waals surface area contributed by atoms with Crippen LogP contribution in [0.25, 0.3) is 10.9 Å². The molecule has 0 aliphatic carbocycles. The lowest BCUT2D eigenvalue weighted by Crippen LogP contribution is -2.06. The van der Waals surface area contributed by atoms with Crippen LogP contribution >= 0.6 is 0 Å². The van der Waals surface area contributed by atoms with Gasteiger partial charge in [-0.25, -0.2) is 8.42 Å². The van der Waals surface area contributed by atoms with Crippen molar-refractivity contribution in [2.24, 2.45) is 0 Å². The van der Waals surface area contributed by atoms with Crippen LogP contribution in [0.2, 0.25) is 0 Å². The number of para-hydroxylation sites is 1. The third-order valence-corrected chi connectivity index (χ3v) is 5.35. The topological polar surface area (TPSA) is 47.0 Å². The zero-order valence-electron chi connectivity index (χ0n) is 12.6. The summed E-state index contributed by atoms with van der Waals surface area (Å²) in [6.07, 6.45) is 0. The van der Waals surface area contributed by atoms with Crippen molar-refractivity contribution < 1.29 is 8.42 Å². The fourth-order valence-electron chi connectivity index (χ4n) is 2.46. The summed E-state index contributed by atoms with van der Waals surface area (Å²) in [5.74, 6) is -0.0378. The van der Waals surface area contributed by atoms with Crippen LogP contribution in [0.4, 0.5) is 0 Å². The summed E-state index contributed by atoms with van der Waals surface area (Å²) < 4.78 is 25.2. The summed E-state index contributed by atoms with van der Waals surface area (Å²) in [5, 5.41) is 0.960. The molecule has 1 aromatic heterocycles. The van der Waals surface area contributed by atoms with Crippen LogP contribution < -0.4 is 0 Å². The van der Waals surface area contributed by atoms with E-state index in [2.05, 4.69) is 4.98 Å². The Hall–Kier alpha value is -2.20. The number of benzene rings is 2. The van der Waals surface area contributed by atoms with Crippen LogP contribution in [0.3, 0.4) is 0 Å². The second-order valence-corrected chi connectivity index (χ2v) is 7.50. The summed E-state index contributed by atoms with van der Waals surface area (Å²) in [4.78, 5) is 4.85. The highest BCUT2D eigenvalue weighted by Gasteiger charge is 2.17. The molecular weight excluding hydrogens is 294 g/mol. The van der Waals surface area contributed by atoms with E-state index in [4.69, 9.17) is 0 Å². The van der Waals surface area contributed by atoms with Crippen molar-refractivity contribution in [3.63, 3.8) is 0 Å². The Balaban J connectivity index is 2.06. The fourth-order valence-corrected chi connectivity index (χ4v) is 3.82. The number of aryl methyl sites for hydroxylation is 2. The number of pyridine rings is 1. The lowest BCUT2D eigenvalue weighted by atomic mass is 10.1. The highest BCUT2D eigenvalue weighted by molar-refractivity contribution is 7.90. The third kappa shape index (κ3) is 2.88. The Bertz CT molecular complexity index is 929. The standard InChI is InChI=1S/C18H17NO2S/c1-13-6-10-17(11-7-13)22(20,21)12-16-5-3-4-15-9-8-14(2)19-18(15)16/h3-11H,12H2,1-2H3. The molecule has 0 amide bonds. The maximum Gasteiger partial charge on any atom is 0.182 e. The third-order valence-electron chi connectivity index (χ3n) is 3.67. The Labute approximate surface area is 130 Å². The molecule has 0 aliphatic heterocycles. The first-order chi connectivity index (χ1) is 10.5. The lowest BCUT2D eigenvalue weighted by Gasteiger charge is -2.08. The van der Waals surface area contributed by atoms with E-state index in [-0.39, 0.29) is 5.75 Å². The summed E-state index contributed by atoms with van der Waals surface area (Å²) in [6.45, 7) is 3.85. The number of hydrogen-bond acceptors (Lipinski definition) is 3. The van der Waals surface area contributed by atoms with Gasteiger partial charge in [0.2, 0.25) is 0 Å². The zero-order valence-corrected chi connectivity index (χ0v) is 13.4. The van der Waals surface area contributed by atoms with E-state index in [1.54, 1.807) is 12.1 Å². The quantitative estimate of drug-likeness (QED) is 0.738. The normalized spacial score (nSPS) is 11.7. The van der Waals surface area contributed by atoms with E-state index in [0.29, 0.717) is 4.90 Å². The van der Waals surface area contributed by atoms with E-state index in [9.17, 15) is 8.42 Å². The summed E-state index contributed by atoms with van der Waals surface area (Å²) >= 11 is 0. The molecule has 3 rings (SSSR count). The van der Waals surface area contributed by atoms with E-state index in [1.165, 1.54) is 0 Å². The monoisotopic (exact) mass is 311 g/mol. The van der Waals surface area contributed by atoms with Crippen LogP contribution in [0.5, 0.6) is 0 Å². The molecule has 0 bridgehead atoms. The van der Waals surface area contributed by atoms with Crippen LogP contribution in [0.15, 0.2) is 59.5 Å². The average Bonchev–Trinajstić information content (AvgIpc) is 2.48. The highest BCUT2D eigenvalue weighted by atomic mass is 32.2. The number of nitrogens with zero attached hydrogens (tertiary/aromatic N) is 1. The number of hydrogen-bond donors (Lipinski definition) is 0. The minimum absolute atomic E-state index is 0.0378. The molecule has 0 unspecified atom stereocenters. The van der Waals surface area contributed by atoms with E-state index in [0.717, 1.165) is 27.7 Å². The Kier molecular flexibility index (Phi) is 3.71. The van der Waals surface area contributed by atoms with Gasteiger partial charge in [-0.3, -0.25) is 4.98 Å². The molecule has 0 radical (unpaired) electrons. The second-order valence-electron chi connectivity index (χ2n) is 5.51. The lowest BCUT2D eigenvalue weighted by molar-refractivity contribution is 0.595. The highest BCUT2D eigenvalue weighted by Crippen LogP contribution is 2.23. The van der Waals surface area contributed by atoms with Gasteiger partial charge < -0.3 is 0 Å². The maximum absolute atomic E-state index is 12.6. The van der Waals surface area contributed by atoms with Gasteiger partial charge in [-0.15, -0.1) is 0 Å². The molecule has 22 heavy (non-hydrogen) atoms. The number of aromatic nitrogens is 1. The van der Waals surface area contributed by atoms with Crippen LogP contribution in [-0.4, -0.2) is 13.4 Å². The number of sulfone groups is 1. The molecule has 0 aliphatic rings. The maximum atomic E-state index is 12.6. The Morgan fingerprint density at radius 1 is 0.909 bits per heavy atom.